The number of carbonyl (C=O) groups excluding carboxylic acids is 1. The van der Waals surface area contributed by atoms with Gasteiger partial charge in [-0.15, -0.1) is 0 Å². The maximum atomic E-state index is 12.6. The Labute approximate surface area is 154 Å². The monoisotopic (exact) mass is 395 g/mol. The first kappa shape index (κ1) is 18.9. The summed E-state index contributed by atoms with van der Waals surface area (Å²) in [6.45, 7) is 1.25. The van der Waals surface area contributed by atoms with Gasteiger partial charge in [-0.3, -0.25) is 19.6 Å². The predicted molar refractivity (Wildman–Crippen MR) is 93.8 cm³/mol. The number of benzene rings is 1. The molecular formula is C15H17N5O6S. The van der Waals surface area contributed by atoms with Crippen LogP contribution in [0.25, 0.3) is 0 Å². The minimum atomic E-state index is -3.64. The topological polar surface area (TPSA) is 137 Å². The molecule has 0 unspecified atom stereocenters. The van der Waals surface area contributed by atoms with Crippen molar-refractivity contribution in [3.05, 3.63) is 46.3 Å². The highest BCUT2D eigenvalue weighted by molar-refractivity contribution is 7.89. The Morgan fingerprint density at radius 2 is 1.89 bits per heavy atom. The van der Waals surface area contributed by atoms with E-state index < -0.39 is 26.5 Å². The summed E-state index contributed by atoms with van der Waals surface area (Å²) in [5.74, 6) is -0.758. The molecule has 0 saturated carbocycles. The molecule has 0 bridgehead atoms. The number of nitrogens with one attached hydrogen (secondary N) is 1. The lowest BCUT2D eigenvalue weighted by Gasteiger charge is -2.26. The minimum Gasteiger partial charge on any atom is -0.379 e. The molecule has 0 aliphatic carbocycles. The number of rotatable bonds is 5. The Bertz CT molecular complexity index is 963. The lowest BCUT2D eigenvalue weighted by Crippen LogP contribution is -2.40. The van der Waals surface area contributed by atoms with E-state index in [0.717, 1.165) is 6.20 Å². The highest BCUT2D eigenvalue weighted by Crippen LogP contribution is 2.21. The van der Waals surface area contributed by atoms with E-state index in [4.69, 9.17) is 4.74 Å². The van der Waals surface area contributed by atoms with Gasteiger partial charge < -0.3 is 10.1 Å². The number of aromatic nitrogens is 2. The molecule has 1 aliphatic heterocycles. The second-order valence-corrected chi connectivity index (χ2v) is 7.73. The molecule has 0 radical (unpaired) electrons. The first-order valence-electron chi connectivity index (χ1n) is 7.96. The number of nitro groups is 1. The zero-order valence-corrected chi connectivity index (χ0v) is 15.2. The molecule has 12 heteroatoms. The first-order valence-corrected chi connectivity index (χ1v) is 9.40. The van der Waals surface area contributed by atoms with Crippen LogP contribution in [0.3, 0.4) is 0 Å². The van der Waals surface area contributed by atoms with Gasteiger partial charge in [0, 0.05) is 25.8 Å². The van der Waals surface area contributed by atoms with E-state index in [1.807, 2.05) is 0 Å². The van der Waals surface area contributed by atoms with Crippen molar-refractivity contribution in [2.24, 2.45) is 7.05 Å². The van der Waals surface area contributed by atoms with Crippen LogP contribution in [0.2, 0.25) is 0 Å². The van der Waals surface area contributed by atoms with Gasteiger partial charge >= 0.3 is 5.69 Å². The van der Waals surface area contributed by atoms with Gasteiger partial charge in [0.2, 0.25) is 15.7 Å². The summed E-state index contributed by atoms with van der Waals surface area (Å²) in [5.41, 5.74) is -0.449. The fourth-order valence-electron chi connectivity index (χ4n) is 2.61. The third-order valence-corrected chi connectivity index (χ3v) is 5.85. The molecule has 1 saturated heterocycles. The van der Waals surface area contributed by atoms with Crippen LogP contribution >= 0.6 is 0 Å². The molecule has 1 fully saturated rings. The molecule has 0 spiro atoms. The Morgan fingerprint density at radius 3 is 2.48 bits per heavy atom. The van der Waals surface area contributed by atoms with Crippen LogP contribution in [0.4, 0.5) is 11.4 Å². The number of anilines is 1. The van der Waals surface area contributed by atoms with Gasteiger partial charge in [-0.05, 0) is 24.3 Å². The molecule has 3 rings (SSSR count). The van der Waals surface area contributed by atoms with E-state index in [1.54, 1.807) is 0 Å². The Kier molecular flexibility index (Phi) is 5.21. The van der Waals surface area contributed by atoms with E-state index >= 15 is 0 Å². The lowest BCUT2D eigenvalue weighted by atomic mass is 10.3. The molecule has 1 aliphatic rings. The van der Waals surface area contributed by atoms with Gasteiger partial charge in [0.15, 0.2) is 0 Å². The molecule has 1 amide bonds. The van der Waals surface area contributed by atoms with E-state index in [-0.39, 0.29) is 23.7 Å². The third-order valence-electron chi connectivity index (χ3n) is 3.94. The Balaban J connectivity index is 1.76. The van der Waals surface area contributed by atoms with Crippen LogP contribution in [-0.2, 0) is 21.8 Å². The van der Waals surface area contributed by atoms with Crippen LogP contribution in [0.15, 0.2) is 35.4 Å². The summed E-state index contributed by atoms with van der Waals surface area (Å²) in [4.78, 5) is 22.6. The molecule has 1 aromatic carbocycles. The lowest BCUT2D eigenvalue weighted by molar-refractivity contribution is -0.385. The van der Waals surface area contributed by atoms with E-state index in [2.05, 4.69) is 10.4 Å². The van der Waals surface area contributed by atoms with Crippen LogP contribution in [-0.4, -0.2) is 59.6 Å². The van der Waals surface area contributed by atoms with Crippen molar-refractivity contribution in [2.75, 3.05) is 31.6 Å². The number of carbonyl (C=O) groups is 1. The second kappa shape index (κ2) is 7.42. The van der Waals surface area contributed by atoms with Crippen molar-refractivity contribution in [3.8, 4) is 0 Å². The second-order valence-electron chi connectivity index (χ2n) is 5.79. The summed E-state index contributed by atoms with van der Waals surface area (Å²) >= 11 is 0. The number of sulfonamides is 1. The van der Waals surface area contributed by atoms with E-state index in [1.165, 1.54) is 40.3 Å². The molecular weight excluding hydrogens is 378 g/mol. The number of hydrogen-bond acceptors (Lipinski definition) is 7. The van der Waals surface area contributed by atoms with E-state index in [9.17, 15) is 23.3 Å². The van der Waals surface area contributed by atoms with Crippen molar-refractivity contribution < 1.29 is 22.9 Å². The fourth-order valence-corrected chi connectivity index (χ4v) is 4.02. The number of aryl methyl sites for hydroxylation is 1. The van der Waals surface area contributed by atoms with Crippen molar-refractivity contribution >= 4 is 27.3 Å². The quantitative estimate of drug-likeness (QED) is 0.578. The summed E-state index contributed by atoms with van der Waals surface area (Å²) in [6, 6.07) is 5.57. The largest absolute Gasteiger partial charge is 0.379 e. The Morgan fingerprint density at radius 1 is 1.26 bits per heavy atom. The van der Waals surface area contributed by atoms with E-state index in [0.29, 0.717) is 18.9 Å². The van der Waals surface area contributed by atoms with Crippen LogP contribution in [0.1, 0.15) is 10.5 Å². The van der Waals surface area contributed by atoms with Crippen LogP contribution < -0.4 is 5.32 Å². The smallest absolute Gasteiger partial charge is 0.320 e. The average Bonchev–Trinajstić information content (AvgIpc) is 3.05. The highest BCUT2D eigenvalue weighted by atomic mass is 32.2. The zero-order valence-electron chi connectivity index (χ0n) is 14.4. The maximum Gasteiger partial charge on any atom is 0.320 e. The van der Waals surface area contributed by atoms with Gasteiger partial charge in [0.25, 0.3) is 5.91 Å². The number of ether oxygens (including phenoxy) is 1. The summed E-state index contributed by atoms with van der Waals surface area (Å²) in [5, 5.41) is 17.3. The molecule has 2 heterocycles. The van der Waals surface area contributed by atoms with Crippen molar-refractivity contribution in [2.45, 2.75) is 4.90 Å². The first-order chi connectivity index (χ1) is 12.8. The van der Waals surface area contributed by atoms with Gasteiger partial charge in [0.05, 0.1) is 23.0 Å². The SMILES string of the molecule is Cn1cc([N+](=O)[O-])c(C(=O)Nc2ccc(S(=O)(=O)N3CCOCC3)cc2)n1. The fraction of sp³-hybridized carbons (Fsp3) is 0.333. The summed E-state index contributed by atoms with van der Waals surface area (Å²) in [6.07, 6.45) is 1.13. The summed E-state index contributed by atoms with van der Waals surface area (Å²) < 4.78 is 32.8. The zero-order chi connectivity index (χ0) is 19.6. The molecule has 11 nitrogen and oxygen atoms in total. The van der Waals surface area contributed by atoms with Crippen LogP contribution in [0.5, 0.6) is 0 Å². The maximum absolute atomic E-state index is 12.6. The van der Waals surface area contributed by atoms with Gasteiger partial charge in [-0.1, -0.05) is 0 Å². The number of nitrogens with zero attached hydrogens (tertiary/aromatic N) is 4. The van der Waals surface area contributed by atoms with Crippen molar-refractivity contribution in [1.29, 1.82) is 0 Å². The standard InChI is InChI=1S/C15H17N5O6S/c1-18-10-13(20(22)23)14(17-18)15(21)16-11-2-4-12(5-3-11)27(24,25)19-6-8-26-9-7-19/h2-5,10H,6-9H2,1H3,(H,16,21). The normalized spacial score (nSPS) is 15.4. The summed E-state index contributed by atoms with van der Waals surface area (Å²) in [7, 11) is -2.17. The molecule has 144 valence electrons. The molecule has 1 aromatic heterocycles. The molecule has 2 aromatic rings. The number of morpholine rings is 1. The minimum absolute atomic E-state index is 0.0891. The van der Waals surface area contributed by atoms with Crippen molar-refractivity contribution in [1.82, 2.24) is 14.1 Å². The number of hydrogen-bond donors (Lipinski definition) is 1. The van der Waals surface area contributed by atoms with Gasteiger partial charge in [-0.2, -0.15) is 9.40 Å². The van der Waals surface area contributed by atoms with Gasteiger partial charge in [-0.25, -0.2) is 8.42 Å². The Hall–Kier alpha value is -2.83. The predicted octanol–water partition coefficient (Wildman–Crippen LogP) is 0.601. The number of amides is 1. The van der Waals surface area contributed by atoms with Gasteiger partial charge in [0.1, 0.15) is 6.20 Å². The highest BCUT2D eigenvalue weighted by Gasteiger charge is 2.27. The van der Waals surface area contributed by atoms with Crippen LogP contribution in [0, 0.1) is 10.1 Å². The average molecular weight is 395 g/mol. The molecule has 1 N–H and O–H groups in total. The third kappa shape index (κ3) is 3.97. The molecule has 27 heavy (non-hydrogen) atoms. The molecule has 0 atom stereocenters. The van der Waals surface area contributed by atoms with Crippen molar-refractivity contribution in [3.63, 3.8) is 0 Å².